The molecule has 2 N–H and O–H groups in total. The number of hydrogen-bond donors (Lipinski definition) is 1. The first-order valence-electron chi connectivity index (χ1n) is 4.49. The van der Waals surface area contributed by atoms with Gasteiger partial charge in [0.2, 0.25) is 0 Å². The van der Waals surface area contributed by atoms with Crippen molar-refractivity contribution in [2.45, 2.75) is 25.0 Å². The predicted octanol–water partition coefficient (Wildman–Crippen LogP) is 0.892. The summed E-state index contributed by atoms with van der Waals surface area (Å²) < 4.78 is 21.6. The third kappa shape index (κ3) is 8.59. The summed E-state index contributed by atoms with van der Waals surface area (Å²) in [5.74, 6) is 0.968. The average molecular weight is 225 g/mol. The molecule has 0 aromatic rings. The van der Waals surface area contributed by atoms with Gasteiger partial charge in [0.25, 0.3) is 0 Å². The van der Waals surface area contributed by atoms with E-state index in [0.29, 0.717) is 17.5 Å². The zero-order chi connectivity index (χ0) is 10.3. The first-order valence-corrected chi connectivity index (χ1v) is 7.60. The fourth-order valence-corrected chi connectivity index (χ4v) is 3.43. The lowest BCUT2D eigenvalue weighted by atomic mass is 10.2. The highest BCUT2D eigenvalue weighted by atomic mass is 32.2. The molecule has 0 saturated carbocycles. The fraction of sp³-hybridized carbons (Fsp3) is 1.00. The summed E-state index contributed by atoms with van der Waals surface area (Å²) >= 11 is 1.71. The van der Waals surface area contributed by atoms with Crippen molar-refractivity contribution in [1.82, 2.24) is 0 Å². The molecule has 1 unspecified atom stereocenters. The normalized spacial score (nSPS) is 14.4. The molecule has 0 bridgehead atoms. The van der Waals surface area contributed by atoms with E-state index in [2.05, 4.69) is 6.92 Å². The number of hydrogen-bond acceptors (Lipinski definition) is 4. The van der Waals surface area contributed by atoms with Gasteiger partial charge in [-0.1, -0.05) is 6.92 Å². The fourth-order valence-electron chi connectivity index (χ4n) is 0.957. The van der Waals surface area contributed by atoms with Gasteiger partial charge in [-0.25, -0.2) is 8.42 Å². The second kappa shape index (κ2) is 6.68. The molecule has 80 valence electrons. The Morgan fingerprint density at radius 3 is 2.46 bits per heavy atom. The van der Waals surface area contributed by atoms with Gasteiger partial charge in [0, 0.05) is 17.3 Å². The maximum atomic E-state index is 10.8. The van der Waals surface area contributed by atoms with Crippen LogP contribution in [0.1, 0.15) is 19.8 Å². The zero-order valence-electron chi connectivity index (χ0n) is 8.32. The Labute approximate surface area is 85.4 Å². The van der Waals surface area contributed by atoms with Gasteiger partial charge in [-0.15, -0.1) is 0 Å². The van der Waals surface area contributed by atoms with Crippen molar-refractivity contribution < 1.29 is 8.42 Å². The monoisotopic (exact) mass is 225 g/mol. The average Bonchev–Trinajstić information content (AvgIpc) is 2.01. The summed E-state index contributed by atoms with van der Waals surface area (Å²) in [6, 6.07) is 0. The minimum Gasteiger partial charge on any atom is -0.330 e. The van der Waals surface area contributed by atoms with E-state index >= 15 is 0 Å². The number of rotatable bonds is 7. The van der Waals surface area contributed by atoms with E-state index in [1.807, 2.05) is 0 Å². The molecule has 0 saturated heterocycles. The number of thioether (sulfide) groups is 1. The van der Waals surface area contributed by atoms with Crippen molar-refractivity contribution in [1.29, 1.82) is 0 Å². The van der Waals surface area contributed by atoms with E-state index in [0.717, 1.165) is 12.8 Å². The molecule has 0 aliphatic carbocycles. The number of nitrogens with two attached hydrogens (primary N) is 1. The molecule has 0 rings (SSSR count). The third-order valence-corrected chi connectivity index (χ3v) is 4.44. The molecule has 0 amide bonds. The molecule has 0 fully saturated rings. The summed E-state index contributed by atoms with van der Waals surface area (Å²) in [7, 11) is -2.80. The SMILES string of the molecule is CCC(CCN)SCCS(C)(=O)=O. The van der Waals surface area contributed by atoms with Gasteiger partial charge in [0.05, 0.1) is 5.75 Å². The largest absolute Gasteiger partial charge is 0.330 e. The van der Waals surface area contributed by atoms with Gasteiger partial charge in [0.1, 0.15) is 9.84 Å². The Hall–Kier alpha value is 0.260. The highest BCUT2D eigenvalue weighted by Crippen LogP contribution is 2.17. The smallest absolute Gasteiger partial charge is 0.148 e. The van der Waals surface area contributed by atoms with Crippen molar-refractivity contribution in [3.05, 3.63) is 0 Å². The minimum atomic E-state index is -2.80. The first-order chi connectivity index (χ1) is 5.99. The Kier molecular flexibility index (Phi) is 6.81. The van der Waals surface area contributed by atoms with Gasteiger partial charge in [-0.05, 0) is 19.4 Å². The summed E-state index contributed by atoms with van der Waals surface area (Å²) in [6.07, 6.45) is 3.31. The second-order valence-electron chi connectivity index (χ2n) is 3.11. The van der Waals surface area contributed by atoms with Crippen molar-refractivity contribution in [3.8, 4) is 0 Å². The van der Waals surface area contributed by atoms with E-state index < -0.39 is 9.84 Å². The van der Waals surface area contributed by atoms with Gasteiger partial charge < -0.3 is 5.73 Å². The summed E-state index contributed by atoms with van der Waals surface area (Å²) in [5.41, 5.74) is 5.43. The van der Waals surface area contributed by atoms with E-state index in [1.165, 1.54) is 6.26 Å². The Morgan fingerprint density at radius 1 is 1.46 bits per heavy atom. The van der Waals surface area contributed by atoms with Crippen molar-refractivity contribution >= 4 is 21.6 Å². The molecular weight excluding hydrogens is 206 g/mol. The molecule has 13 heavy (non-hydrogen) atoms. The van der Waals surface area contributed by atoms with Crippen LogP contribution in [0.4, 0.5) is 0 Å². The van der Waals surface area contributed by atoms with E-state index in [9.17, 15) is 8.42 Å². The van der Waals surface area contributed by atoms with E-state index in [-0.39, 0.29) is 5.75 Å². The summed E-state index contributed by atoms with van der Waals surface area (Å²) in [5, 5.41) is 0.520. The molecule has 3 nitrogen and oxygen atoms in total. The van der Waals surface area contributed by atoms with Crippen molar-refractivity contribution in [2.75, 3.05) is 24.3 Å². The van der Waals surface area contributed by atoms with Gasteiger partial charge in [-0.2, -0.15) is 11.8 Å². The highest BCUT2D eigenvalue weighted by molar-refractivity contribution is 8.01. The predicted molar refractivity (Wildman–Crippen MR) is 59.9 cm³/mol. The molecule has 0 aliphatic rings. The zero-order valence-corrected chi connectivity index (χ0v) is 9.96. The molecule has 0 aromatic heterocycles. The van der Waals surface area contributed by atoms with Gasteiger partial charge >= 0.3 is 0 Å². The van der Waals surface area contributed by atoms with Crippen LogP contribution < -0.4 is 5.73 Å². The first kappa shape index (κ1) is 13.3. The molecule has 0 aromatic carbocycles. The topological polar surface area (TPSA) is 60.2 Å². The third-order valence-electron chi connectivity index (χ3n) is 1.75. The van der Waals surface area contributed by atoms with Gasteiger partial charge in [0.15, 0.2) is 0 Å². The quantitative estimate of drug-likeness (QED) is 0.699. The number of sulfone groups is 1. The van der Waals surface area contributed by atoms with Crippen molar-refractivity contribution in [3.63, 3.8) is 0 Å². The lowest BCUT2D eigenvalue weighted by Gasteiger charge is -2.12. The molecule has 1 atom stereocenters. The highest BCUT2D eigenvalue weighted by Gasteiger charge is 2.07. The van der Waals surface area contributed by atoms with Crippen LogP contribution in [0, 0.1) is 0 Å². The van der Waals surface area contributed by atoms with Crippen LogP contribution in [0.2, 0.25) is 0 Å². The summed E-state index contributed by atoms with van der Waals surface area (Å²) in [4.78, 5) is 0. The summed E-state index contributed by atoms with van der Waals surface area (Å²) in [6.45, 7) is 2.79. The lowest BCUT2D eigenvalue weighted by Crippen LogP contribution is -2.13. The Balaban J connectivity index is 3.61. The van der Waals surface area contributed by atoms with Crippen LogP contribution in [-0.4, -0.2) is 38.0 Å². The van der Waals surface area contributed by atoms with Crippen LogP contribution in [0.5, 0.6) is 0 Å². The minimum absolute atomic E-state index is 0.277. The van der Waals surface area contributed by atoms with E-state index in [1.54, 1.807) is 11.8 Å². The second-order valence-corrected chi connectivity index (χ2v) is 6.78. The van der Waals surface area contributed by atoms with Crippen LogP contribution in [-0.2, 0) is 9.84 Å². The van der Waals surface area contributed by atoms with Crippen LogP contribution in [0.25, 0.3) is 0 Å². The van der Waals surface area contributed by atoms with Crippen molar-refractivity contribution in [2.24, 2.45) is 5.73 Å². The van der Waals surface area contributed by atoms with Crippen LogP contribution >= 0.6 is 11.8 Å². The molecule has 0 heterocycles. The molecule has 0 aliphatic heterocycles. The van der Waals surface area contributed by atoms with Crippen LogP contribution in [0.3, 0.4) is 0 Å². The van der Waals surface area contributed by atoms with E-state index in [4.69, 9.17) is 5.73 Å². The maximum absolute atomic E-state index is 10.8. The standard InChI is InChI=1S/C8H19NO2S2/c1-3-8(4-5-9)12-6-7-13(2,10)11/h8H,3-7,9H2,1-2H3. The molecule has 5 heteroatoms. The Bertz CT molecular complexity index is 214. The molecular formula is C8H19NO2S2. The maximum Gasteiger partial charge on any atom is 0.148 e. The molecule has 0 spiro atoms. The van der Waals surface area contributed by atoms with Crippen LogP contribution in [0.15, 0.2) is 0 Å². The molecule has 0 radical (unpaired) electrons. The Morgan fingerprint density at radius 2 is 2.08 bits per heavy atom. The lowest BCUT2D eigenvalue weighted by molar-refractivity contribution is 0.603. The van der Waals surface area contributed by atoms with Gasteiger partial charge in [-0.3, -0.25) is 0 Å².